The van der Waals surface area contributed by atoms with Crippen molar-refractivity contribution in [3.05, 3.63) is 65.5 Å². The molecule has 164 valence electrons. The fourth-order valence-corrected chi connectivity index (χ4v) is 4.45. The number of carboxylic acid groups (broad SMARTS) is 1. The Bertz CT molecular complexity index is 964. The summed E-state index contributed by atoms with van der Waals surface area (Å²) in [5.41, 5.74) is 2.70. The molecule has 4 rings (SSSR count). The van der Waals surface area contributed by atoms with Crippen LogP contribution in [-0.4, -0.2) is 24.8 Å². The van der Waals surface area contributed by atoms with Gasteiger partial charge in [-0.2, -0.15) is 0 Å². The van der Waals surface area contributed by atoms with Crippen molar-refractivity contribution in [1.29, 1.82) is 0 Å². The maximum Gasteiger partial charge on any atom is 0.303 e. The van der Waals surface area contributed by atoms with Crippen LogP contribution in [0.5, 0.6) is 11.5 Å². The highest BCUT2D eigenvalue weighted by atomic mass is 19.1. The van der Waals surface area contributed by atoms with Crippen LogP contribution in [0, 0.1) is 17.7 Å². The Morgan fingerprint density at radius 2 is 2.00 bits per heavy atom. The highest BCUT2D eigenvalue weighted by Gasteiger charge is 2.33. The highest BCUT2D eigenvalue weighted by Crippen LogP contribution is 2.45. The van der Waals surface area contributed by atoms with E-state index in [1.807, 2.05) is 24.3 Å². The minimum atomic E-state index is -0.750. The fraction of sp³-hybridized carbons (Fsp3) is 0.423. The molecule has 0 radical (unpaired) electrons. The van der Waals surface area contributed by atoms with E-state index in [1.54, 1.807) is 19.2 Å². The number of hydrogen-bond acceptors (Lipinski definition) is 3. The maximum absolute atomic E-state index is 14.2. The first kappa shape index (κ1) is 21.4. The van der Waals surface area contributed by atoms with Crippen molar-refractivity contribution in [1.82, 2.24) is 0 Å². The van der Waals surface area contributed by atoms with Crippen LogP contribution in [0.1, 0.15) is 55.6 Å². The van der Waals surface area contributed by atoms with Gasteiger partial charge in [0.2, 0.25) is 0 Å². The van der Waals surface area contributed by atoms with Gasteiger partial charge in [-0.05, 0) is 91.3 Å². The van der Waals surface area contributed by atoms with E-state index < -0.39 is 5.97 Å². The van der Waals surface area contributed by atoms with Crippen LogP contribution in [0.3, 0.4) is 0 Å². The smallest absolute Gasteiger partial charge is 0.303 e. The van der Waals surface area contributed by atoms with Gasteiger partial charge in [0.1, 0.15) is 17.3 Å². The van der Waals surface area contributed by atoms with E-state index >= 15 is 0 Å². The number of ether oxygens (including phenoxy) is 2. The van der Waals surface area contributed by atoms with E-state index in [4.69, 9.17) is 9.47 Å². The van der Waals surface area contributed by atoms with Crippen molar-refractivity contribution in [2.75, 3.05) is 13.7 Å². The standard InChI is InChI=1S/C26H29FO4/c1-30-21-11-12-25(27)24(14-21)19-7-5-17(6-8-19)16-31-22-4-2-3-20(13-22)23(15-26(28)29)18-9-10-18/h2-4,7,11-14,17-18,23H,5-6,8-10,15-16H2,1H3,(H,28,29). The Morgan fingerprint density at radius 1 is 1.16 bits per heavy atom. The van der Waals surface area contributed by atoms with Crippen LogP contribution >= 0.6 is 0 Å². The van der Waals surface area contributed by atoms with Crippen molar-refractivity contribution in [3.8, 4) is 11.5 Å². The zero-order valence-electron chi connectivity index (χ0n) is 17.9. The number of aliphatic carboxylic acids is 1. The van der Waals surface area contributed by atoms with E-state index in [-0.39, 0.29) is 18.2 Å². The van der Waals surface area contributed by atoms with Crippen molar-refractivity contribution < 1.29 is 23.8 Å². The lowest BCUT2D eigenvalue weighted by atomic mass is 9.87. The zero-order chi connectivity index (χ0) is 21.8. The quantitative estimate of drug-likeness (QED) is 0.531. The molecule has 0 saturated heterocycles. The number of allylic oxidation sites excluding steroid dienone is 2. The van der Waals surface area contributed by atoms with Gasteiger partial charge in [0.25, 0.3) is 0 Å². The van der Waals surface area contributed by atoms with Crippen LogP contribution in [-0.2, 0) is 4.79 Å². The number of methoxy groups -OCH3 is 1. The predicted molar refractivity (Wildman–Crippen MR) is 118 cm³/mol. The molecule has 2 aliphatic carbocycles. The molecule has 2 aromatic carbocycles. The molecular weight excluding hydrogens is 395 g/mol. The van der Waals surface area contributed by atoms with Crippen molar-refractivity contribution in [2.45, 2.75) is 44.4 Å². The van der Waals surface area contributed by atoms with E-state index in [0.717, 1.165) is 49.0 Å². The van der Waals surface area contributed by atoms with Crippen LogP contribution in [0.15, 0.2) is 48.5 Å². The van der Waals surface area contributed by atoms with Crippen molar-refractivity contribution >= 4 is 11.5 Å². The minimum Gasteiger partial charge on any atom is -0.497 e. The molecule has 2 aromatic rings. The summed E-state index contributed by atoms with van der Waals surface area (Å²) in [4.78, 5) is 11.3. The molecule has 0 amide bonds. The van der Waals surface area contributed by atoms with E-state index in [0.29, 0.717) is 29.8 Å². The lowest BCUT2D eigenvalue weighted by Crippen LogP contribution is -2.15. The molecule has 0 spiro atoms. The largest absolute Gasteiger partial charge is 0.497 e. The van der Waals surface area contributed by atoms with Crippen LogP contribution in [0.2, 0.25) is 0 Å². The van der Waals surface area contributed by atoms with Crippen molar-refractivity contribution in [2.24, 2.45) is 11.8 Å². The van der Waals surface area contributed by atoms with Gasteiger partial charge < -0.3 is 14.6 Å². The Labute approximate surface area is 182 Å². The molecule has 0 heterocycles. The summed E-state index contributed by atoms with van der Waals surface area (Å²) in [6, 6.07) is 12.7. The van der Waals surface area contributed by atoms with Gasteiger partial charge in [-0.15, -0.1) is 0 Å². The van der Waals surface area contributed by atoms with Gasteiger partial charge in [-0.25, -0.2) is 4.39 Å². The maximum atomic E-state index is 14.2. The lowest BCUT2D eigenvalue weighted by Gasteiger charge is -2.23. The monoisotopic (exact) mass is 424 g/mol. The number of halogens is 1. The Kier molecular flexibility index (Phi) is 6.59. The van der Waals surface area contributed by atoms with Gasteiger partial charge in [0.15, 0.2) is 0 Å². The Morgan fingerprint density at radius 3 is 2.68 bits per heavy atom. The number of hydrogen-bond donors (Lipinski definition) is 1. The zero-order valence-corrected chi connectivity index (χ0v) is 17.9. The second-order valence-electron chi connectivity index (χ2n) is 8.64. The van der Waals surface area contributed by atoms with Gasteiger partial charge in [0, 0.05) is 5.56 Å². The summed E-state index contributed by atoms with van der Waals surface area (Å²) in [6.45, 7) is 0.598. The van der Waals surface area contributed by atoms with Crippen molar-refractivity contribution in [3.63, 3.8) is 0 Å². The Balaban J connectivity index is 1.36. The first-order chi connectivity index (χ1) is 15.0. The third-order valence-corrected chi connectivity index (χ3v) is 6.40. The molecule has 2 atom stereocenters. The molecule has 5 heteroatoms. The third-order valence-electron chi connectivity index (χ3n) is 6.40. The molecular formula is C26H29FO4. The SMILES string of the molecule is COc1ccc(F)c(C2=CCC(COc3cccc(C(CC(=O)O)C4CC4)c3)CC2)c1. The number of carbonyl (C=O) groups is 1. The lowest BCUT2D eigenvalue weighted by molar-refractivity contribution is -0.137. The average Bonchev–Trinajstić information content (AvgIpc) is 3.62. The summed E-state index contributed by atoms with van der Waals surface area (Å²) >= 11 is 0. The summed E-state index contributed by atoms with van der Waals surface area (Å²) < 4.78 is 25.5. The number of carboxylic acids is 1. The summed E-state index contributed by atoms with van der Waals surface area (Å²) in [7, 11) is 1.59. The molecule has 1 N–H and O–H groups in total. The number of rotatable bonds is 9. The third kappa shape index (κ3) is 5.46. The van der Waals surface area contributed by atoms with Crippen LogP contribution in [0.25, 0.3) is 5.57 Å². The molecule has 2 aliphatic rings. The van der Waals surface area contributed by atoms with Gasteiger partial charge in [-0.3, -0.25) is 4.79 Å². The Hall–Kier alpha value is -2.82. The molecule has 0 aromatic heterocycles. The number of benzene rings is 2. The minimum absolute atomic E-state index is 0.0685. The second-order valence-corrected chi connectivity index (χ2v) is 8.64. The second kappa shape index (κ2) is 9.54. The first-order valence-electron chi connectivity index (χ1n) is 11.0. The van der Waals surface area contributed by atoms with Crippen LogP contribution < -0.4 is 9.47 Å². The van der Waals surface area contributed by atoms with Gasteiger partial charge >= 0.3 is 5.97 Å². The fourth-order valence-electron chi connectivity index (χ4n) is 4.45. The molecule has 1 saturated carbocycles. The van der Waals surface area contributed by atoms with E-state index in [2.05, 4.69) is 6.08 Å². The topological polar surface area (TPSA) is 55.8 Å². The van der Waals surface area contributed by atoms with Gasteiger partial charge in [0.05, 0.1) is 20.1 Å². The molecule has 1 fully saturated rings. The molecule has 2 unspecified atom stereocenters. The van der Waals surface area contributed by atoms with E-state index in [1.165, 1.54) is 6.07 Å². The molecule has 0 bridgehead atoms. The molecule has 0 aliphatic heterocycles. The summed E-state index contributed by atoms with van der Waals surface area (Å²) in [5, 5.41) is 9.25. The first-order valence-corrected chi connectivity index (χ1v) is 11.0. The summed E-state index contributed by atoms with van der Waals surface area (Å²) in [6.07, 6.45) is 7.08. The average molecular weight is 425 g/mol. The highest BCUT2D eigenvalue weighted by molar-refractivity contribution is 5.68. The summed E-state index contributed by atoms with van der Waals surface area (Å²) in [5.74, 6) is 1.41. The van der Waals surface area contributed by atoms with Crippen LogP contribution in [0.4, 0.5) is 4.39 Å². The molecule has 4 nitrogen and oxygen atoms in total. The van der Waals surface area contributed by atoms with E-state index in [9.17, 15) is 14.3 Å². The normalized spacial score (nSPS) is 19.4. The van der Waals surface area contributed by atoms with Gasteiger partial charge in [-0.1, -0.05) is 18.2 Å². The predicted octanol–water partition coefficient (Wildman–Crippen LogP) is 6.07. The molecule has 31 heavy (non-hydrogen) atoms.